The molecular weight excluding hydrogens is 342 g/mol. The summed E-state index contributed by atoms with van der Waals surface area (Å²) in [5, 5.41) is 14.5. The molecule has 1 N–H and O–H groups in total. The minimum Gasteiger partial charge on any atom is -0.392 e. The van der Waals surface area contributed by atoms with Crippen molar-refractivity contribution in [1.82, 2.24) is 9.78 Å². The van der Waals surface area contributed by atoms with Crippen LogP contribution in [0.15, 0.2) is 22.7 Å². The van der Waals surface area contributed by atoms with Gasteiger partial charge in [-0.2, -0.15) is 5.10 Å². The van der Waals surface area contributed by atoms with E-state index >= 15 is 0 Å². The standard InChI is InChI=1S/C15H17BrF2N2O/c1-3-20-13(14(16)9(2)19-20)8-11(21)7-10-5-4-6-12(17)15(10)18/h4-6,11,21H,3,7-8H2,1-2H3. The summed E-state index contributed by atoms with van der Waals surface area (Å²) < 4.78 is 29.4. The first-order chi connectivity index (χ1) is 9.93. The molecule has 1 aromatic heterocycles. The fourth-order valence-corrected chi connectivity index (χ4v) is 2.77. The number of nitrogens with zero attached hydrogens (tertiary/aromatic N) is 2. The molecule has 2 rings (SSSR count). The highest BCUT2D eigenvalue weighted by molar-refractivity contribution is 9.10. The number of aliphatic hydroxyl groups excluding tert-OH is 1. The number of hydrogen-bond acceptors (Lipinski definition) is 2. The van der Waals surface area contributed by atoms with Gasteiger partial charge in [-0.1, -0.05) is 12.1 Å². The van der Waals surface area contributed by atoms with Crippen molar-refractivity contribution >= 4 is 15.9 Å². The molecule has 6 heteroatoms. The van der Waals surface area contributed by atoms with E-state index in [0.717, 1.165) is 21.9 Å². The Morgan fingerprint density at radius 2 is 2.05 bits per heavy atom. The molecule has 0 aliphatic rings. The van der Waals surface area contributed by atoms with E-state index in [9.17, 15) is 13.9 Å². The van der Waals surface area contributed by atoms with Crippen molar-refractivity contribution < 1.29 is 13.9 Å². The van der Waals surface area contributed by atoms with Crippen molar-refractivity contribution in [3.63, 3.8) is 0 Å². The van der Waals surface area contributed by atoms with Crippen LogP contribution in [0.2, 0.25) is 0 Å². The largest absolute Gasteiger partial charge is 0.392 e. The van der Waals surface area contributed by atoms with Crippen LogP contribution >= 0.6 is 15.9 Å². The van der Waals surface area contributed by atoms with Gasteiger partial charge < -0.3 is 5.11 Å². The topological polar surface area (TPSA) is 38.0 Å². The maximum atomic E-state index is 13.6. The Bertz CT molecular complexity index is 643. The Morgan fingerprint density at radius 1 is 1.33 bits per heavy atom. The SMILES string of the molecule is CCn1nc(C)c(Br)c1CC(O)Cc1cccc(F)c1F. The third kappa shape index (κ3) is 3.49. The van der Waals surface area contributed by atoms with Crippen LogP contribution in [0.3, 0.4) is 0 Å². The van der Waals surface area contributed by atoms with Gasteiger partial charge in [-0.05, 0) is 41.4 Å². The summed E-state index contributed by atoms with van der Waals surface area (Å²) in [6, 6.07) is 3.99. The van der Waals surface area contributed by atoms with Crippen molar-refractivity contribution in [1.29, 1.82) is 0 Å². The van der Waals surface area contributed by atoms with Crippen molar-refractivity contribution in [2.45, 2.75) is 39.3 Å². The molecule has 0 aliphatic carbocycles. The number of aromatic nitrogens is 2. The summed E-state index contributed by atoms with van der Waals surface area (Å²) >= 11 is 3.45. The van der Waals surface area contributed by atoms with Crippen LogP contribution in [0, 0.1) is 18.6 Å². The average molecular weight is 359 g/mol. The molecule has 1 heterocycles. The second-order valence-corrected chi connectivity index (χ2v) is 5.73. The molecule has 0 saturated carbocycles. The van der Waals surface area contributed by atoms with Crippen LogP contribution in [0.1, 0.15) is 23.9 Å². The molecule has 2 aromatic rings. The Balaban J connectivity index is 2.15. The smallest absolute Gasteiger partial charge is 0.162 e. The van der Waals surface area contributed by atoms with Crippen LogP contribution < -0.4 is 0 Å². The van der Waals surface area contributed by atoms with E-state index in [-0.39, 0.29) is 12.0 Å². The van der Waals surface area contributed by atoms with Crippen molar-refractivity contribution in [2.75, 3.05) is 0 Å². The number of aryl methyl sites for hydroxylation is 2. The molecule has 0 spiro atoms. The lowest BCUT2D eigenvalue weighted by Crippen LogP contribution is -2.18. The monoisotopic (exact) mass is 358 g/mol. The fraction of sp³-hybridized carbons (Fsp3) is 0.400. The average Bonchev–Trinajstić information content (AvgIpc) is 2.71. The van der Waals surface area contributed by atoms with Crippen molar-refractivity contribution in [3.8, 4) is 0 Å². The first-order valence-electron chi connectivity index (χ1n) is 6.76. The van der Waals surface area contributed by atoms with Gasteiger partial charge in [-0.3, -0.25) is 4.68 Å². The lowest BCUT2D eigenvalue weighted by molar-refractivity contribution is 0.170. The first-order valence-corrected chi connectivity index (χ1v) is 7.56. The van der Waals surface area contributed by atoms with Gasteiger partial charge in [0.2, 0.25) is 0 Å². The highest BCUT2D eigenvalue weighted by atomic mass is 79.9. The first kappa shape index (κ1) is 16.1. The van der Waals surface area contributed by atoms with Crippen LogP contribution in [0.25, 0.3) is 0 Å². The van der Waals surface area contributed by atoms with Crippen LogP contribution in [0.5, 0.6) is 0 Å². The van der Waals surface area contributed by atoms with E-state index in [2.05, 4.69) is 21.0 Å². The summed E-state index contributed by atoms with van der Waals surface area (Å²) in [6.45, 7) is 4.52. The summed E-state index contributed by atoms with van der Waals surface area (Å²) in [5.74, 6) is -1.79. The van der Waals surface area contributed by atoms with Crippen molar-refractivity contribution in [3.05, 3.63) is 51.3 Å². The summed E-state index contributed by atoms with van der Waals surface area (Å²) in [6.07, 6.45) is -0.422. The van der Waals surface area contributed by atoms with E-state index in [0.29, 0.717) is 13.0 Å². The second kappa shape index (κ2) is 6.66. The summed E-state index contributed by atoms with van der Waals surface area (Å²) in [5.41, 5.74) is 1.88. The van der Waals surface area contributed by atoms with Gasteiger partial charge in [0, 0.05) is 19.4 Å². The molecule has 0 fully saturated rings. The van der Waals surface area contributed by atoms with Crippen molar-refractivity contribution in [2.24, 2.45) is 0 Å². The molecule has 1 atom stereocenters. The van der Waals surface area contributed by atoms with Gasteiger partial charge in [0.25, 0.3) is 0 Å². The minimum absolute atomic E-state index is 0.0595. The number of benzene rings is 1. The third-order valence-electron chi connectivity index (χ3n) is 3.37. The number of rotatable bonds is 5. The Labute approximate surface area is 130 Å². The Hall–Kier alpha value is -1.27. The summed E-state index contributed by atoms with van der Waals surface area (Å²) in [4.78, 5) is 0. The summed E-state index contributed by atoms with van der Waals surface area (Å²) in [7, 11) is 0. The molecule has 1 unspecified atom stereocenters. The maximum absolute atomic E-state index is 13.6. The van der Waals surface area contributed by atoms with Gasteiger partial charge in [0.1, 0.15) is 0 Å². The van der Waals surface area contributed by atoms with E-state index in [1.807, 2.05) is 13.8 Å². The molecule has 0 radical (unpaired) electrons. The van der Waals surface area contributed by atoms with Gasteiger partial charge in [-0.25, -0.2) is 8.78 Å². The van der Waals surface area contributed by atoms with Gasteiger partial charge >= 0.3 is 0 Å². The lowest BCUT2D eigenvalue weighted by atomic mass is 10.0. The predicted molar refractivity (Wildman–Crippen MR) is 80.1 cm³/mol. The zero-order valence-electron chi connectivity index (χ0n) is 11.9. The van der Waals surface area contributed by atoms with E-state index in [1.54, 1.807) is 4.68 Å². The zero-order chi connectivity index (χ0) is 15.6. The Kier molecular flexibility index (Phi) is 5.11. The molecule has 0 saturated heterocycles. The molecular formula is C15H17BrF2N2O. The predicted octanol–water partition coefficient (Wildman–Crippen LogP) is 3.40. The molecule has 1 aromatic carbocycles. The maximum Gasteiger partial charge on any atom is 0.162 e. The fourth-order valence-electron chi connectivity index (χ4n) is 2.32. The zero-order valence-corrected chi connectivity index (χ0v) is 13.5. The normalized spacial score (nSPS) is 12.7. The van der Waals surface area contributed by atoms with E-state index in [1.165, 1.54) is 12.1 Å². The van der Waals surface area contributed by atoms with Gasteiger partial charge in [0.05, 0.1) is 22.0 Å². The van der Waals surface area contributed by atoms with E-state index < -0.39 is 17.7 Å². The van der Waals surface area contributed by atoms with Crippen LogP contribution in [-0.2, 0) is 19.4 Å². The molecule has 3 nitrogen and oxygen atoms in total. The molecule has 114 valence electrons. The van der Waals surface area contributed by atoms with Crippen LogP contribution in [-0.4, -0.2) is 21.0 Å². The highest BCUT2D eigenvalue weighted by Crippen LogP contribution is 2.23. The Morgan fingerprint density at radius 3 is 2.71 bits per heavy atom. The molecule has 0 bridgehead atoms. The lowest BCUT2D eigenvalue weighted by Gasteiger charge is -2.13. The van der Waals surface area contributed by atoms with Crippen LogP contribution in [0.4, 0.5) is 8.78 Å². The number of hydrogen-bond donors (Lipinski definition) is 1. The minimum atomic E-state index is -0.893. The third-order valence-corrected chi connectivity index (χ3v) is 4.40. The number of aliphatic hydroxyl groups is 1. The second-order valence-electron chi connectivity index (χ2n) is 4.94. The number of halogens is 3. The quantitative estimate of drug-likeness (QED) is 0.889. The molecule has 0 aliphatic heterocycles. The van der Waals surface area contributed by atoms with E-state index in [4.69, 9.17) is 0 Å². The van der Waals surface area contributed by atoms with Gasteiger partial charge in [0.15, 0.2) is 11.6 Å². The molecule has 0 amide bonds. The molecule has 21 heavy (non-hydrogen) atoms. The van der Waals surface area contributed by atoms with Gasteiger partial charge in [-0.15, -0.1) is 0 Å². The highest BCUT2D eigenvalue weighted by Gasteiger charge is 2.18.